The molecular weight excluding hydrogens is 342 g/mol. The predicted octanol–water partition coefficient (Wildman–Crippen LogP) is 3.06. The normalized spacial score (nSPS) is 17.1. The van der Waals surface area contributed by atoms with E-state index in [0.717, 1.165) is 43.4 Å². The third kappa shape index (κ3) is 3.61. The summed E-state index contributed by atoms with van der Waals surface area (Å²) < 4.78 is 6.71. The Kier molecular flexibility index (Phi) is 4.94. The van der Waals surface area contributed by atoms with Crippen molar-refractivity contribution in [3.05, 3.63) is 34.2 Å². The first-order valence-corrected chi connectivity index (χ1v) is 8.79. The number of nitrogens with zero attached hydrogens (tertiary/aromatic N) is 4. The van der Waals surface area contributed by atoms with Gasteiger partial charge in [-0.15, -0.1) is 0 Å². The van der Waals surface area contributed by atoms with Gasteiger partial charge in [0.1, 0.15) is 10.7 Å². The number of hydrogen-bond donors (Lipinski definition) is 1. The van der Waals surface area contributed by atoms with Gasteiger partial charge in [-0.25, -0.2) is 0 Å². The number of hydrogen-bond acceptors (Lipinski definition) is 5. The Hall–Kier alpha value is -2.15. The first kappa shape index (κ1) is 17.7. The van der Waals surface area contributed by atoms with Gasteiger partial charge in [-0.2, -0.15) is 10.1 Å². The highest BCUT2D eigenvalue weighted by Gasteiger charge is 2.39. The molecule has 0 saturated heterocycles. The molecule has 0 atom stereocenters. The van der Waals surface area contributed by atoms with Crippen molar-refractivity contribution in [2.45, 2.75) is 51.5 Å². The molecule has 2 aromatic rings. The van der Waals surface area contributed by atoms with Crippen LogP contribution in [0.3, 0.4) is 0 Å². The van der Waals surface area contributed by atoms with E-state index >= 15 is 0 Å². The second-order valence-electron chi connectivity index (χ2n) is 6.52. The van der Waals surface area contributed by atoms with Gasteiger partial charge in [-0.3, -0.25) is 9.48 Å². The van der Waals surface area contributed by atoms with E-state index in [0.29, 0.717) is 16.9 Å². The van der Waals surface area contributed by atoms with E-state index in [1.165, 1.54) is 6.08 Å². The summed E-state index contributed by atoms with van der Waals surface area (Å²) >= 11 is 6.20. The fourth-order valence-corrected chi connectivity index (χ4v) is 3.56. The first-order valence-electron chi connectivity index (χ1n) is 8.41. The summed E-state index contributed by atoms with van der Waals surface area (Å²) in [5, 5.41) is 11.9. The molecule has 0 unspecified atom stereocenters. The van der Waals surface area contributed by atoms with Gasteiger partial charge in [0.05, 0.1) is 5.69 Å². The lowest BCUT2D eigenvalue weighted by Gasteiger charge is -2.34. The van der Waals surface area contributed by atoms with Crippen LogP contribution in [0.15, 0.2) is 10.6 Å². The van der Waals surface area contributed by atoms with Crippen molar-refractivity contribution >= 4 is 23.6 Å². The molecule has 0 radical (unpaired) electrons. The summed E-state index contributed by atoms with van der Waals surface area (Å²) in [7, 11) is 1.77. The Morgan fingerprint density at radius 2 is 2.04 bits per heavy atom. The van der Waals surface area contributed by atoms with Crippen LogP contribution in [0, 0.1) is 13.8 Å². The van der Waals surface area contributed by atoms with Gasteiger partial charge in [0.25, 0.3) is 0 Å². The highest BCUT2D eigenvalue weighted by molar-refractivity contribution is 6.31. The van der Waals surface area contributed by atoms with Crippen LogP contribution in [0.1, 0.15) is 55.1 Å². The van der Waals surface area contributed by atoms with Gasteiger partial charge in [-0.1, -0.05) is 36.0 Å². The molecule has 1 fully saturated rings. The molecule has 7 nitrogen and oxygen atoms in total. The zero-order valence-corrected chi connectivity index (χ0v) is 15.4. The molecule has 2 heterocycles. The lowest BCUT2D eigenvalue weighted by atomic mass is 9.81. The highest BCUT2D eigenvalue weighted by Crippen LogP contribution is 2.35. The first-order chi connectivity index (χ1) is 11.9. The lowest BCUT2D eigenvalue weighted by Crippen LogP contribution is -2.47. The molecular formula is C17H22ClN5O2. The number of amides is 1. The number of carbonyl (C=O) groups is 1. The number of rotatable bonds is 4. The van der Waals surface area contributed by atoms with Crippen molar-refractivity contribution in [3.8, 4) is 0 Å². The fraction of sp³-hybridized carbons (Fsp3) is 0.529. The van der Waals surface area contributed by atoms with E-state index < -0.39 is 5.54 Å². The number of nitrogens with one attached hydrogen (secondary N) is 1. The van der Waals surface area contributed by atoms with E-state index in [1.54, 1.807) is 24.7 Å². The van der Waals surface area contributed by atoms with Crippen LogP contribution >= 0.6 is 11.6 Å². The molecule has 1 aliphatic carbocycles. The van der Waals surface area contributed by atoms with Crippen LogP contribution in [0.4, 0.5) is 0 Å². The summed E-state index contributed by atoms with van der Waals surface area (Å²) in [5.41, 5.74) is 0.954. The van der Waals surface area contributed by atoms with Gasteiger partial charge in [0, 0.05) is 25.6 Å². The maximum Gasteiger partial charge on any atom is 0.244 e. The van der Waals surface area contributed by atoms with E-state index in [-0.39, 0.29) is 5.91 Å². The summed E-state index contributed by atoms with van der Waals surface area (Å²) in [4.78, 5) is 16.9. The summed E-state index contributed by atoms with van der Waals surface area (Å²) in [5.74, 6) is 0.855. The van der Waals surface area contributed by atoms with Crippen molar-refractivity contribution < 1.29 is 9.32 Å². The van der Waals surface area contributed by atoms with Crippen LogP contribution in [-0.4, -0.2) is 25.8 Å². The van der Waals surface area contributed by atoms with Crippen molar-refractivity contribution in [1.82, 2.24) is 25.2 Å². The molecule has 0 spiro atoms. The molecule has 2 aromatic heterocycles. The number of carbonyl (C=O) groups excluding carboxylic acids is 1. The minimum absolute atomic E-state index is 0.205. The Labute approximate surface area is 151 Å². The summed E-state index contributed by atoms with van der Waals surface area (Å²) in [6, 6.07) is 0. The zero-order chi connectivity index (χ0) is 18.0. The molecule has 134 valence electrons. The van der Waals surface area contributed by atoms with Gasteiger partial charge in [0.2, 0.25) is 11.8 Å². The van der Waals surface area contributed by atoms with Crippen LogP contribution < -0.4 is 5.32 Å². The smallest absolute Gasteiger partial charge is 0.244 e. The molecule has 1 aliphatic rings. The highest BCUT2D eigenvalue weighted by atomic mass is 35.5. The second-order valence-corrected chi connectivity index (χ2v) is 6.87. The Morgan fingerprint density at radius 1 is 1.32 bits per heavy atom. The molecule has 1 saturated carbocycles. The zero-order valence-electron chi connectivity index (χ0n) is 14.7. The quantitative estimate of drug-likeness (QED) is 0.843. The largest absolute Gasteiger partial charge is 0.340 e. The molecule has 0 aromatic carbocycles. The van der Waals surface area contributed by atoms with Gasteiger partial charge < -0.3 is 9.84 Å². The Bertz CT molecular complexity index is 802. The topological polar surface area (TPSA) is 85.8 Å². The second kappa shape index (κ2) is 7.00. The summed E-state index contributed by atoms with van der Waals surface area (Å²) in [6.07, 6.45) is 7.97. The number of aryl methyl sites for hydroxylation is 3. The molecule has 0 aliphatic heterocycles. The summed E-state index contributed by atoms with van der Waals surface area (Å²) in [6.45, 7) is 3.61. The van der Waals surface area contributed by atoms with Crippen molar-refractivity contribution in [1.29, 1.82) is 0 Å². The lowest BCUT2D eigenvalue weighted by molar-refractivity contribution is -0.119. The van der Waals surface area contributed by atoms with E-state index in [4.69, 9.17) is 16.1 Å². The Morgan fingerprint density at radius 3 is 2.60 bits per heavy atom. The molecule has 3 rings (SSSR count). The molecule has 8 heteroatoms. The maximum absolute atomic E-state index is 12.5. The van der Waals surface area contributed by atoms with Crippen molar-refractivity contribution in [3.63, 3.8) is 0 Å². The SMILES string of the molecule is Cc1nc(C2(NC(=O)C=Cc3c(C)nn(C)c3Cl)CCCCC2)no1. The average Bonchev–Trinajstić information content (AvgIpc) is 3.11. The minimum atomic E-state index is -0.564. The minimum Gasteiger partial charge on any atom is -0.340 e. The van der Waals surface area contributed by atoms with Crippen molar-refractivity contribution in [2.75, 3.05) is 0 Å². The van der Waals surface area contributed by atoms with E-state index in [2.05, 4.69) is 20.6 Å². The molecule has 1 amide bonds. The molecule has 1 N–H and O–H groups in total. The van der Waals surface area contributed by atoms with Gasteiger partial charge >= 0.3 is 0 Å². The van der Waals surface area contributed by atoms with Gasteiger partial charge in [0.15, 0.2) is 5.82 Å². The van der Waals surface area contributed by atoms with E-state index in [9.17, 15) is 4.79 Å². The molecule has 0 bridgehead atoms. The number of halogens is 1. The standard InChI is InChI=1S/C17H22ClN5O2/c1-11-13(15(18)23(3)21-11)7-8-14(24)20-17(9-5-4-6-10-17)16-19-12(2)25-22-16/h7-8H,4-6,9-10H2,1-3H3,(H,20,24). The van der Waals surface area contributed by atoms with Crippen LogP contribution in [0.2, 0.25) is 5.15 Å². The third-order valence-corrected chi connectivity index (χ3v) is 5.07. The van der Waals surface area contributed by atoms with E-state index in [1.807, 2.05) is 6.92 Å². The maximum atomic E-state index is 12.5. The fourth-order valence-electron chi connectivity index (χ4n) is 3.33. The van der Waals surface area contributed by atoms with Gasteiger partial charge in [-0.05, 0) is 25.8 Å². The molecule has 25 heavy (non-hydrogen) atoms. The Balaban J connectivity index is 1.80. The van der Waals surface area contributed by atoms with Crippen LogP contribution in [0.25, 0.3) is 6.08 Å². The van der Waals surface area contributed by atoms with Crippen LogP contribution in [0.5, 0.6) is 0 Å². The average molecular weight is 364 g/mol. The third-order valence-electron chi connectivity index (χ3n) is 4.62. The predicted molar refractivity (Wildman–Crippen MR) is 93.9 cm³/mol. The number of aromatic nitrogens is 4. The monoisotopic (exact) mass is 363 g/mol. The van der Waals surface area contributed by atoms with Crippen molar-refractivity contribution in [2.24, 2.45) is 7.05 Å². The van der Waals surface area contributed by atoms with Crippen LogP contribution in [-0.2, 0) is 17.4 Å².